The average molecular weight is 280 g/mol. The number of aryl methyl sites for hydroxylation is 1. The number of allylic oxidation sites excluding steroid dienone is 1. The van der Waals surface area contributed by atoms with Crippen LogP contribution in [0.1, 0.15) is 18.2 Å². The summed E-state index contributed by atoms with van der Waals surface area (Å²) in [6, 6.07) is 5.63. The summed E-state index contributed by atoms with van der Waals surface area (Å²) in [5.41, 5.74) is 2.87. The average Bonchev–Trinajstić information content (AvgIpc) is 2.41. The highest BCUT2D eigenvalue weighted by molar-refractivity contribution is 6.48. The fourth-order valence-electron chi connectivity index (χ4n) is 1.80. The van der Waals surface area contributed by atoms with Crippen LogP contribution in [0.5, 0.6) is 0 Å². The maximum Gasteiger partial charge on any atom is 0.159 e. The Morgan fingerprint density at radius 3 is 2.47 bits per heavy atom. The van der Waals surface area contributed by atoms with Gasteiger partial charge in [0.15, 0.2) is 11.6 Å². The standard InChI is InChI=1S/C15H12ClF2N/c1-3-12(16)15-9(2)6-11(8-19-15)10-4-5-13(17)14(18)7-10/h3-8H,1-2H3/b12-3+. The van der Waals surface area contributed by atoms with Crippen LogP contribution in [-0.2, 0) is 0 Å². The number of aromatic nitrogens is 1. The van der Waals surface area contributed by atoms with Gasteiger partial charge in [0.25, 0.3) is 0 Å². The van der Waals surface area contributed by atoms with Gasteiger partial charge in [0, 0.05) is 11.8 Å². The highest BCUT2D eigenvalue weighted by Crippen LogP contribution is 2.26. The molecule has 2 rings (SSSR count). The monoisotopic (exact) mass is 279 g/mol. The minimum absolute atomic E-state index is 0.564. The molecular formula is C15H12ClF2N. The fourth-order valence-corrected chi connectivity index (χ4v) is 1.99. The Kier molecular flexibility index (Phi) is 3.96. The molecule has 2 aromatic rings. The zero-order chi connectivity index (χ0) is 14.0. The summed E-state index contributed by atoms with van der Waals surface area (Å²) >= 11 is 6.03. The Hall–Kier alpha value is -1.74. The van der Waals surface area contributed by atoms with E-state index < -0.39 is 11.6 Å². The van der Waals surface area contributed by atoms with Crippen molar-refractivity contribution < 1.29 is 8.78 Å². The van der Waals surface area contributed by atoms with Crippen molar-refractivity contribution in [2.45, 2.75) is 13.8 Å². The van der Waals surface area contributed by atoms with Gasteiger partial charge in [-0.2, -0.15) is 0 Å². The molecule has 4 heteroatoms. The van der Waals surface area contributed by atoms with Crippen molar-refractivity contribution in [2.24, 2.45) is 0 Å². The van der Waals surface area contributed by atoms with Crippen LogP contribution in [0.3, 0.4) is 0 Å². The van der Waals surface area contributed by atoms with Crippen molar-refractivity contribution in [3.05, 3.63) is 59.4 Å². The normalized spacial score (nSPS) is 11.7. The van der Waals surface area contributed by atoms with E-state index in [0.29, 0.717) is 16.3 Å². The molecule has 0 saturated heterocycles. The largest absolute Gasteiger partial charge is 0.254 e. The van der Waals surface area contributed by atoms with Crippen LogP contribution in [0, 0.1) is 18.6 Å². The Balaban J connectivity index is 2.47. The van der Waals surface area contributed by atoms with Crippen LogP contribution in [0.25, 0.3) is 16.2 Å². The Bertz CT molecular complexity index is 651. The van der Waals surface area contributed by atoms with Gasteiger partial charge in [-0.05, 0) is 43.2 Å². The molecule has 0 aliphatic rings. The molecule has 0 fully saturated rings. The third-order valence-electron chi connectivity index (χ3n) is 2.81. The smallest absolute Gasteiger partial charge is 0.159 e. The van der Waals surface area contributed by atoms with Crippen LogP contribution in [-0.4, -0.2) is 4.98 Å². The molecule has 1 nitrogen and oxygen atoms in total. The molecule has 0 atom stereocenters. The van der Waals surface area contributed by atoms with Crippen molar-refractivity contribution in [3.63, 3.8) is 0 Å². The summed E-state index contributed by atoms with van der Waals surface area (Å²) < 4.78 is 26.1. The van der Waals surface area contributed by atoms with E-state index in [9.17, 15) is 8.78 Å². The van der Waals surface area contributed by atoms with Gasteiger partial charge in [-0.3, -0.25) is 4.98 Å². The number of hydrogen-bond acceptors (Lipinski definition) is 1. The van der Waals surface area contributed by atoms with Crippen LogP contribution in [0.2, 0.25) is 0 Å². The third kappa shape index (κ3) is 2.82. The lowest BCUT2D eigenvalue weighted by molar-refractivity contribution is 0.509. The molecule has 0 amide bonds. The van der Waals surface area contributed by atoms with Gasteiger partial charge < -0.3 is 0 Å². The maximum absolute atomic E-state index is 13.2. The molecule has 19 heavy (non-hydrogen) atoms. The van der Waals surface area contributed by atoms with E-state index >= 15 is 0 Å². The summed E-state index contributed by atoms with van der Waals surface area (Å²) in [4.78, 5) is 4.26. The number of rotatable bonds is 2. The highest BCUT2D eigenvalue weighted by atomic mass is 35.5. The van der Waals surface area contributed by atoms with E-state index in [-0.39, 0.29) is 0 Å². The van der Waals surface area contributed by atoms with Crippen molar-refractivity contribution in [2.75, 3.05) is 0 Å². The van der Waals surface area contributed by atoms with Crippen molar-refractivity contribution >= 4 is 16.6 Å². The molecular weight excluding hydrogens is 268 g/mol. The van der Waals surface area contributed by atoms with Crippen molar-refractivity contribution in [3.8, 4) is 11.1 Å². The third-order valence-corrected chi connectivity index (χ3v) is 3.21. The van der Waals surface area contributed by atoms with Crippen molar-refractivity contribution in [1.82, 2.24) is 4.98 Å². The first kappa shape index (κ1) is 13.7. The molecule has 0 N–H and O–H groups in total. The fraction of sp³-hybridized carbons (Fsp3) is 0.133. The molecule has 1 aromatic carbocycles. The molecule has 0 aliphatic carbocycles. The van der Waals surface area contributed by atoms with Gasteiger partial charge in [0.1, 0.15) is 0 Å². The molecule has 98 valence electrons. The summed E-state index contributed by atoms with van der Waals surface area (Å²) in [7, 11) is 0. The van der Waals surface area contributed by atoms with Crippen LogP contribution in [0.4, 0.5) is 8.78 Å². The summed E-state index contributed by atoms with van der Waals surface area (Å²) in [6.07, 6.45) is 3.36. The first-order valence-electron chi connectivity index (χ1n) is 5.77. The summed E-state index contributed by atoms with van der Waals surface area (Å²) in [5.74, 6) is -1.73. The molecule has 0 spiro atoms. The molecule has 0 radical (unpaired) electrons. The van der Waals surface area contributed by atoms with E-state index in [1.54, 1.807) is 12.3 Å². The van der Waals surface area contributed by atoms with Gasteiger partial charge in [-0.15, -0.1) is 0 Å². The van der Waals surface area contributed by atoms with E-state index in [0.717, 1.165) is 23.3 Å². The molecule has 0 bridgehead atoms. The van der Waals surface area contributed by atoms with E-state index in [4.69, 9.17) is 11.6 Å². The molecule has 0 aliphatic heterocycles. The zero-order valence-corrected chi connectivity index (χ0v) is 11.3. The topological polar surface area (TPSA) is 12.9 Å². The Morgan fingerprint density at radius 1 is 1.16 bits per heavy atom. The first-order chi connectivity index (χ1) is 9.02. The van der Waals surface area contributed by atoms with E-state index in [2.05, 4.69) is 4.98 Å². The SMILES string of the molecule is C/C=C(/Cl)c1ncc(-c2ccc(F)c(F)c2)cc1C. The molecule has 1 heterocycles. The second-order valence-corrected chi connectivity index (χ2v) is 4.56. The molecule has 1 aromatic heterocycles. The lowest BCUT2D eigenvalue weighted by atomic mass is 10.0. The Morgan fingerprint density at radius 2 is 1.89 bits per heavy atom. The number of halogens is 3. The zero-order valence-electron chi connectivity index (χ0n) is 10.5. The van der Waals surface area contributed by atoms with Crippen molar-refractivity contribution in [1.29, 1.82) is 0 Å². The quantitative estimate of drug-likeness (QED) is 0.759. The van der Waals surface area contributed by atoms with Crippen LogP contribution in [0.15, 0.2) is 36.5 Å². The van der Waals surface area contributed by atoms with Gasteiger partial charge in [-0.1, -0.05) is 23.7 Å². The molecule has 0 unspecified atom stereocenters. The Labute approximate surface area is 115 Å². The van der Waals surface area contributed by atoms with Gasteiger partial charge >= 0.3 is 0 Å². The second kappa shape index (κ2) is 5.49. The summed E-state index contributed by atoms with van der Waals surface area (Å²) in [5, 5.41) is 0.564. The van der Waals surface area contributed by atoms with Gasteiger partial charge in [0.05, 0.1) is 10.7 Å². The minimum atomic E-state index is -0.870. The maximum atomic E-state index is 13.2. The second-order valence-electron chi connectivity index (χ2n) is 4.15. The van der Waals surface area contributed by atoms with Gasteiger partial charge in [-0.25, -0.2) is 8.78 Å². The predicted octanol–water partition coefficient (Wildman–Crippen LogP) is 4.93. The van der Waals surface area contributed by atoms with Crippen LogP contribution >= 0.6 is 11.6 Å². The summed E-state index contributed by atoms with van der Waals surface area (Å²) in [6.45, 7) is 3.70. The number of pyridine rings is 1. The first-order valence-corrected chi connectivity index (χ1v) is 6.15. The lowest BCUT2D eigenvalue weighted by Crippen LogP contribution is -1.92. The predicted molar refractivity (Wildman–Crippen MR) is 73.8 cm³/mol. The molecule has 0 saturated carbocycles. The lowest BCUT2D eigenvalue weighted by Gasteiger charge is -2.07. The number of benzene rings is 1. The van der Waals surface area contributed by atoms with E-state index in [1.807, 2.05) is 19.9 Å². The van der Waals surface area contributed by atoms with E-state index in [1.165, 1.54) is 6.07 Å². The van der Waals surface area contributed by atoms with Gasteiger partial charge in [0.2, 0.25) is 0 Å². The van der Waals surface area contributed by atoms with Crippen LogP contribution < -0.4 is 0 Å². The number of nitrogens with zero attached hydrogens (tertiary/aromatic N) is 1. The minimum Gasteiger partial charge on any atom is -0.254 e. The number of hydrogen-bond donors (Lipinski definition) is 0. The highest BCUT2D eigenvalue weighted by Gasteiger charge is 2.08.